The molecule has 2 atom stereocenters. The van der Waals surface area contributed by atoms with Gasteiger partial charge < -0.3 is 10.2 Å². The predicted molar refractivity (Wildman–Crippen MR) is 76.2 cm³/mol. The SMILES string of the molecule is CC(C)C(CNC1CCN(C)CC1C)C(C)C. The van der Waals surface area contributed by atoms with Crippen molar-refractivity contribution in [1.82, 2.24) is 10.2 Å². The summed E-state index contributed by atoms with van der Waals surface area (Å²) in [5.41, 5.74) is 0. The van der Waals surface area contributed by atoms with E-state index in [4.69, 9.17) is 0 Å². The molecule has 17 heavy (non-hydrogen) atoms. The van der Waals surface area contributed by atoms with Gasteiger partial charge in [-0.15, -0.1) is 0 Å². The largest absolute Gasteiger partial charge is 0.313 e. The van der Waals surface area contributed by atoms with E-state index in [1.165, 1.54) is 26.1 Å². The van der Waals surface area contributed by atoms with Gasteiger partial charge in [0.2, 0.25) is 0 Å². The maximum absolute atomic E-state index is 3.83. The van der Waals surface area contributed by atoms with Gasteiger partial charge in [0.05, 0.1) is 0 Å². The van der Waals surface area contributed by atoms with E-state index in [9.17, 15) is 0 Å². The summed E-state index contributed by atoms with van der Waals surface area (Å²) in [6.45, 7) is 15.5. The van der Waals surface area contributed by atoms with Gasteiger partial charge in [-0.3, -0.25) is 0 Å². The Kier molecular flexibility index (Phi) is 5.94. The first-order valence-corrected chi connectivity index (χ1v) is 7.33. The second-order valence-corrected chi connectivity index (χ2v) is 6.69. The standard InChI is InChI=1S/C15H32N2/c1-11(2)14(12(3)4)9-16-15-7-8-17(6)10-13(15)5/h11-16H,7-10H2,1-6H3. The molecule has 1 fully saturated rings. The Bertz CT molecular complexity index is 205. The quantitative estimate of drug-likeness (QED) is 0.795. The van der Waals surface area contributed by atoms with Crippen LogP contribution in [0.15, 0.2) is 0 Å². The van der Waals surface area contributed by atoms with Crippen LogP contribution in [0.25, 0.3) is 0 Å². The highest BCUT2D eigenvalue weighted by Gasteiger charge is 2.25. The summed E-state index contributed by atoms with van der Waals surface area (Å²) in [5.74, 6) is 3.16. The van der Waals surface area contributed by atoms with Gasteiger partial charge >= 0.3 is 0 Å². The summed E-state index contributed by atoms with van der Waals surface area (Å²) >= 11 is 0. The summed E-state index contributed by atoms with van der Waals surface area (Å²) in [4.78, 5) is 2.45. The molecular formula is C15H32N2. The first-order valence-electron chi connectivity index (χ1n) is 7.33. The van der Waals surface area contributed by atoms with Crippen molar-refractivity contribution < 1.29 is 0 Å². The van der Waals surface area contributed by atoms with Gasteiger partial charge in [0.1, 0.15) is 0 Å². The van der Waals surface area contributed by atoms with Crippen molar-refractivity contribution in [3.63, 3.8) is 0 Å². The third-order valence-corrected chi connectivity index (χ3v) is 4.44. The molecule has 0 amide bonds. The second-order valence-electron chi connectivity index (χ2n) is 6.69. The van der Waals surface area contributed by atoms with Gasteiger partial charge in [-0.1, -0.05) is 34.6 Å². The van der Waals surface area contributed by atoms with Gasteiger partial charge in [0.15, 0.2) is 0 Å². The van der Waals surface area contributed by atoms with E-state index in [0.717, 1.165) is 29.7 Å². The lowest BCUT2D eigenvalue weighted by atomic mass is 9.84. The summed E-state index contributed by atoms with van der Waals surface area (Å²) in [6.07, 6.45) is 1.31. The molecule has 0 aromatic carbocycles. The normalized spacial score (nSPS) is 27.4. The molecular weight excluding hydrogens is 208 g/mol. The third kappa shape index (κ3) is 4.59. The monoisotopic (exact) mass is 240 g/mol. The van der Waals surface area contributed by atoms with E-state index in [-0.39, 0.29) is 0 Å². The van der Waals surface area contributed by atoms with Crippen molar-refractivity contribution in [1.29, 1.82) is 0 Å². The smallest absolute Gasteiger partial charge is 0.0117 e. The zero-order valence-corrected chi connectivity index (χ0v) is 12.7. The Morgan fingerprint density at radius 1 is 1.18 bits per heavy atom. The van der Waals surface area contributed by atoms with E-state index in [2.05, 4.69) is 51.9 Å². The lowest BCUT2D eigenvalue weighted by molar-refractivity contribution is 0.161. The molecule has 1 saturated heterocycles. The van der Waals surface area contributed by atoms with Crippen molar-refractivity contribution in [3.05, 3.63) is 0 Å². The van der Waals surface area contributed by atoms with E-state index in [1.807, 2.05) is 0 Å². The number of hydrogen-bond acceptors (Lipinski definition) is 2. The zero-order valence-electron chi connectivity index (χ0n) is 12.7. The molecule has 0 saturated carbocycles. The maximum Gasteiger partial charge on any atom is 0.0117 e. The number of likely N-dealkylation sites (tertiary alicyclic amines) is 1. The molecule has 1 aliphatic rings. The lowest BCUT2D eigenvalue weighted by Gasteiger charge is -2.37. The van der Waals surface area contributed by atoms with Gasteiger partial charge in [-0.2, -0.15) is 0 Å². The van der Waals surface area contributed by atoms with E-state index < -0.39 is 0 Å². The molecule has 0 radical (unpaired) electrons. The highest BCUT2D eigenvalue weighted by Crippen LogP contribution is 2.21. The molecule has 0 aliphatic carbocycles. The van der Waals surface area contributed by atoms with Crippen LogP contribution in [0.5, 0.6) is 0 Å². The van der Waals surface area contributed by atoms with Gasteiger partial charge in [-0.05, 0) is 50.2 Å². The zero-order chi connectivity index (χ0) is 13.0. The molecule has 1 rings (SSSR count). The van der Waals surface area contributed by atoms with Crippen LogP contribution >= 0.6 is 0 Å². The molecule has 0 aromatic rings. The van der Waals surface area contributed by atoms with Crippen molar-refractivity contribution in [2.24, 2.45) is 23.7 Å². The number of rotatable bonds is 5. The maximum atomic E-state index is 3.83. The fourth-order valence-electron chi connectivity index (χ4n) is 3.19. The highest BCUT2D eigenvalue weighted by atomic mass is 15.1. The summed E-state index contributed by atoms with van der Waals surface area (Å²) in [7, 11) is 2.23. The topological polar surface area (TPSA) is 15.3 Å². The summed E-state index contributed by atoms with van der Waals surface area (Å²) in [6, 6.07) is 0.728. The van der Waals surface area contributed by atoms with Crippen LogP contribution in [0, 0.1) is 23.7 Å². The average molecular weight is 240 g/mol. The van der Waals surface area contributed by atoms with E-state index in [1.54, 1.807) is 0 Å². The van der Waals surface area contributed by atoms with Gasteiger partial charge in [0.25, 0.3) is 0 Å². The first kappa shape index (κ1) is 15.0. The van der Waals surface area contributed by atoms with Crippen LogP contribution in [0.1, 0.15) is 41.0 Å². The van der Waals surface area contributed by atoms with Crippen LogP contribution in [0.3, 0.4) is 0 Å². The Hall–Kier alpha value is -0.0800. The van der Waals surface area contributed by atoms with Crippen LogP contribution < -0.4 is 5.32 Å². The van der Waals surface area contributed by atoms with Crippen LogP contribution in [0.2, 0.25) is 0 Å². The Balaban J connectivity index is 2.38. The first-order chi connectivity index (χ1) is 7.91. The van der Waals surface area contributed by atoms with Crippen molar-refractivity contribution in [2.75, 3.05) is 26.7 Å². The lowest BCUT2D eigenvalue weighted by Crippen LogP contribution is -2.48. The Labute approximate surface area is 108 Å². The molecule has 2 heteroatoms. The minimum Gasteiger partial charge on any atom is -0.313 e. The second kappa shape index (κ2) is 6.75. The summed E-state index contributed by atoms with van der Waals surface area (Å²) < 4.78 is 0. The molecule has 0 spiro atoms. The Morgan fingerprint density at radius 2 is 1.76 bits per heavy atom. The highest BCUT2D eigenvalue weighted by molar-refractivity contribution is 4.83. The van der Waals surface area contributed by atoms with Gasteiger partial charge in [-0.25, -0.2) is 0 Å². The van der Waals surface area contributed by atoms with Crippen molar-refractivity contribution in [2.45, 2.75) is 47.1 Å². The number of piperidine rings is 1. The molecule has 102 valence electrons. The molecule has 2 unspecified atom stereocenters. The van der Waals surface area contributed by atoms with Crippen LogP contribution in [-0.4, -0.2) is 37.6 Å². The van der Waals surface area contributed by atoms with E-state index >= 15 is 0 Å². The molecule has 1 aliphatic heterocycles. The minimum absolute atomic E-state index is 0.728. The number of hydrogen-bond donors (Lipinski definition) is 1. The molecule has 1 N–H and O–H groups in total. The minimum atomic E-state index is 0.728. The molecule has 2 nitrogen and oxygen atoms in total. The number of nitrogens with zero attached hydrogens (tertiary/aromatic N) is 1. The van der Waals surface area contributed by atoms with Crippen molar-refractivity contribution in [3.8, 4) is 0 Å². The fraction of sp³-hybridized carbons (Fsp3) is 1.00. The van der Waals surface area contributed by atoms with Crippen molar-refractivity contribution >= 4 is 0 Å². The summed E-state index contributed by atoms with van der Waals surface area (Å²) in [5, 5.41) is 3.83. The number of nitrogens with one attached hydrogen (secondary N) is 1. The predicted octanol–water partition coefficient (Wildman–Crippen LogP) is 2.84. The Morgan fingerprint density at radius 3 is 2.24 bits per heavy atom. The molecule has 0 aromatic heterocycles. The van der Waals surface area contributed by atoms with Crippen LogP contribution in [-0.2, 0) is 0 Å². The fourth-order valence-corrected chi connectivity index (χ4v) is 3.19. The average Bonchev–Trinajstić information content (AvgIpc) is 2.20. The van der Waals surface area contributed by atoms with Gasteiger partial charge in [0, 0.05) is 12.6 Å². The molecule has 1 heterocycles. The third-order valence-electron chi connectivity index (χ3n) is 4.44. The van der Waals surface area contributed by atoms with E-state index in [0.29, 0.717) is 0 Å². The van der Waals surface area contributed by atoms with Crippen LogP contribution in [0.4, 0.5) is 0 Å². The molecule has 0 bridgehead atoms.